The molecule has 0 radical (unpaired) electrons. The lowest BCUT2D eigenvalue weighted by molar-refractivity contribution is -0.131. The summed E-state index contributed by atoms with van der Waals surface area (Å²) in [6.45, 7) is 6.40. The molecule has 1 aromatic heterocycles. The highest BCUT2D eigenvalue weighted by molar-refractivity contribution is 6.31. The number of amides is 1. The molecule has 5 nitrogen and oxygen atoms in total. The Labute approximate surface area is 192 Å². The van der Waals surface area contributed by atoms with Crippen LogP contribution in [-0.4, -0.2) is 47.0 Å². The van der Waals surface area contributed by atoms with Crippen molar-refractivity contribution >= 4 is 23.3 Å². The van der Waals surface area contributed by atoms with Crippen molar-refractivity contribution in [2.75, 3.05) is 31.1 Å². The number of nitrogens with zero attached hydrogens (tertiary/aromatic N) is 4. The van der Waals surface area contributed by atoms with Gasteiger partial charge in [-0.2, -0.15) is 0 Å². The van der Waals surface area contributed by atoms with E-state index in [1.165, 1.54) is 6.07 Å². The highest BCUT2D eigenvalue weighted by Crippen LogP contribution is 2.31. The number of aryl methyl sites for hydroxylation is 1. The van der Waals surface area contributed by atoms with Gasteiger partial charge in [-0.15, -0.1) is 0 Å². The first-order valence-corrected chi connectivity index (χ1v) is 11.2. The van der Waals surface area contributed by atoms with Gasteiger partial charge in [-0.3, -0.25) is 4.79 Å². The van der Waals surface area contributed by atoms with Crippen molar-refractivity contribution in [2.24, 2.45) is 0 Å². The summed E-state index contributed by atoms with van der Waals surface area (Å²) < 4.78 is 14.6. The van der Waals surface area contributed by atoms with Gasteiger partial charge in [-0.1, -0.05) is 54.9 Å². The molecule has 0 unspecified atom stereocenters. The molecule has 3 aromatic rings. The number of hydrogen-bond donors (Lipinski definition) is 0. The van der Waals surface area contributed by atoms with Gasteiger partial charge in [0.2, 0.25) is 5.91 Å². The number of hydrogen-bond acceptors (Lipinski definition) is 4. The normalized spacial score (nSPS) is 14.0. The molecule has 1 fully saturated rings. The Morgan fingerprint density at radius 1 is 1.00 bits per heavy atom. The first-order chi connectivity index (χ1) is 15.5. The molecule has 0 spiro atoms. The Morgan fingerprint density at radius 2 is 1.72 bits per heavy atom. The Balaban J connectivity index is 1.74. The molecular weight excluding hydrogens is 427 g/mol. The van der Waals surface area contributed by atoms with Crippen LogP contribution in [0.1, 0.15) is 30.2 Å². The highest BCUT2D eigenvalue weighted by Gasteiger charge is 2.25. The summed E-state index contributed by atoms with van der Waals surface area (Å²) in [4.78, 5) is 25.8. The van der Waals surface area contributed by atoms with Crippen molar-refractivity contribution in [3.63, 3.8) is 0 Å². The van der Waals surface area contributed by atoms with Gasteiger partial charge in [0.15, 0.2) is 5.82 Å². The molecule has 1 amide bonds. The van der Waals surface area contributed by atoms with E-state index in [1.807, 2.05) is 49.1 Å². The molecule has 2 heterocycles. The van der Waals surface area contributed by atoms with Crippen LogP contribution in [0.15, 0.2) is 48.5 Å². The number of benzene rings is 2. The molecule has 0 aliphatic carbocycles. The van der Waals surface area contributed by atoms with E-state index < -0.39 is 0 Å². The Hall–Kier alpha value is -2.99. The minimum Gasteiger partial charge on any atom is -0.353 e. The van der Waals surface area contributed by atoms with E-state index in [9.17, 15) is 9.18 Å². The van der Waals surface area contributed by atoms with Crippen molar-refractivity contribution in [3.8, 4) is 11.4 Å². The van der Waals surface area contributed by atoms with Crippen molar-refractivity contribution in [1.82, 2.24) is 14.9 Å². The molecule has 0 atom stereocenters. The van der Waals surface area contributed by atoms with E-state index in [1.54, 1.807) is 12.1 Å². The van der Waals surface area contributed by atoms with E-state index in [4.69, 9.17) is 21.6 Å². The molecule has 166 valence electrons. The van der Waals surface area contributed by atoms with Crippen LogP contribution in [0.3, 0.4) is 0 Å². The lowest BCUT2D eigenvalue weighted by atomic mass is 10.0. The standard InChI is InChI=1S/C25H26ClFN4O/c1-3-23(32)30-12-14-31(15-13-30)25-19(16-20-21(26)10-7-11-22(20)27)17(2)28-24(29-25)18-8-5-4-6-9-18/h4-11H,3,12-16H2,1-2H3. The van der Waals surface area contributed by atoms with Crippen LogP contribution in [0.2, 0.25) is 5.02 Å². The summed E-state index contributed by atoms with van der Waals surface area (Å²) >= 11 is 6.33. The van der Waals surface area contributed by atoms with Crippen LogP contribution in [-0.2, 0) is 11.2 Å². The van der Waals surface area contributed by atoms with Gasteiger partial charge in [-0.25, -0.2) is 14.4 Å². The molecule has 1 saturated heterocycles. The van der Waals surface area contributed by atoms with Gasteiger partial charge >= 0.3 is 0 Å². The van der Waals surface area contributed by atoms with E-state index in [-0.39, 0.29) is 11.7 Å². The topological polar surface area (TPSA) is 49.3 Å². The van der Waals surface area contributed by atoms with Crippen LogP contribution in [0.25, 0.3) is 11.4 Å². The Morgan fingerprint density at radius 3 is 2.38 bits per heavy atom. The molecule has 0 N–H and O–H groups in total. The van der Waals surface area contributed by atoms with E-state index in [0.717, 1.165) is 22.6 Å². The van der Waals surface area contributed by atoms with Gasteiger partial charge in [0.1, 0.15) is 11.6 Å². The Kier molecular flexibility index (Phi) is 6.70. The van der Waals surface area contributed by atoms with Crippen LogP contribution in [0.4, 0.5) is 10.2 Å². The summed E-state index contributed by atoms with van der Waals surface area (Å²) in [6.07, 6.45) is 0.803. The second-order valence-electron chi connectivity index (χ2n) is 7.90. The van der Waals surface area contributed by atoms with Gasteiger partial charge < -0.3 is 9.80 Å². The lowest BCUT2D eigenvalue weighted by Gasteiger charge is -2.36. The zero-order valence-corrected chi connectivity index (χ0v) is 19.1. The third-order valence-electron chi connectivity index (χ3n) is 5.87. The summed E-state index contributed by atoms with van der Waals surface area (Å²) in [5.41, 5.74) is 3.01. The maximum absolute atomic E-state index is 14.6. The van der Waals surface area contributed by atoms with Crippen molar-refractivity contribution in [2.45, 2.75) is 26.7 Å². The van der Waals surface area contributed by atoms with Gasteiger partial charge in [0.25, 0.3) is 0 Å². The van der Waals surface area contributed by atoms with Gasteiger partial charge in [-0.05, 0) is 19.1 Å². The fourth-order valence-corrected chi connectivity index (χ4v) is 4.26. The first-order valence-electron chi connectivity index (χ1n) is 10.9. The fraction of sp³-hybridized carbons (Fsp3) is 0.320. The average molecular weight is 453 g/mol. The lowest BCUT2D eigenvalue weighted by Crippen LogP contribution is -2.49. The number of aromatic nitrogens is 2. The molecule has 1 aliphatic rings. The van der Waals surface area contributed by atoms with E-state index >= 15 is 0 Å². The number of halogens is 2. The Bertz CT molecular complexity index is 1090. The zero-order chi connectivity index (χ0) is 22.7. The summed E-state index contributed by atoms with van der Waals surface area (Å²) in [6, 6.07) is 14.5. The van der Waals surface area contributed by atoms with Crippen LogP contribution >= 0.6 is 11.6 Å². The zero-order valence-electron chi connectivity index (χ0n) is 18.3. The monoisotopic (exact) mass is 452 g/mol. The van der Waals surface area contributed by atoms with Crippen LogP contribution in [0, 0.1) is 12.7 Å². The minimum absolute atomic E-state index is 0.159. The number of rotatable bonds is 5. The van der Waals surface area contributed by atoms with Gasteiger partial charge in [0.05, 0.1) is 0 Å². The second-order valence-corrected chi connectivity index (χ2v) is 8.31. The SMILES string of the molecule is CCC(=O)N1CCN(c2nc(-c3ccccc3)nc(C)c2Cc2c(F)cccc2Cl)CC1. The number of anilines is 1. The molecule has 1 aliphatic heterocycles. The molecule has 2 aromatic carbocycles. The average Bonchev–Trinajstić information content (AvgIpc) is 2.82. The largest absolute Gasteiger partial charge is 0.353 e. The fourth-order valence-electron chi connectivity index (χ4n) is 4.04. The minimum atomic E-state index is -0.339. The number of carbonyl (C=O) groups excluding carboxylic acids is 1. The number of carbonyl (C=O) groups is 1. The maximum atomic E-state index is 14.6. The number of piperazine rings is 1. The van der Waals surface area contributed by atoms with Crippen molar-refractivity contribution in [1.29, 1.82) is 0 Å². The molecule has 7 heteroatoms. The quantitative estimate of drug-likeness (QED) is 0.552. The van der Waals surface area contributed by atoms with Crippen molar-refractivity contribution in [3.05, 3.63) is 76.2 Å². The van der Waals surface area contributed by atoms with E-state index in [2.05, 4.69) is 4.90 Å². The summed E-state index contributed by atoms with van der Waals surface area (Å²) in [7, 11) is 0. The van der Waals surface area contributed by atoms with Crippen LogP contribution < -0.4 is 4.90 Å². The summed E-state index contributed by atoms with van der Waals surface area (Å²) in [5, 5.41) is 0.390. The third kappa shape index (κ3) is 4.60. The molecule has 0 saturated carbocycles. The maximum Gasteiger partial charge on any atom is 0.222 e. The molecular formula is C25H26ClFN4O. The second kappa shape index (κ2) is 9.65. The molecule has 32 heavy (non-hydrogen) atoms. The smallest absolute Gasteiger partial charge is 0.222 e. The molecule has 4 rings (SSSR count). The molecule has 0 bridgehead atoms. The first kappa shape index (κ1) is 22.2. The summed E-state index contributed by atoms with van der Waals surface area (Å²) in [5.74, 6) is 1.23. The third-order valence-corrected chi connectivity index (χ3v) is 6.23. The predicted octanol–water partition coefficient (Wildman–Crippen LogP) is 4.89. The van der Waals surface area contributed by atoms with Crippen molar-refractivity contribution < 1.29 is 9.18 Å². The van der Waals surface area contributed by atoms with Crippen LogP contribution in [0.5, 0.6) is 0 Å². The predicted molar refractivity (Wildman–Crippen MR) is 126 cm³/mol. The highest BCUT2D eigenvalue weighted by atomic mass is 35.5. The van der Waals surface area contributed by atoms with E-state index in [0.29, 0.717) is 55.4 Å². The van der Waals surface area contributed by atoms with Gasteiger partial charge in [0, 0.05) is 66.4 Å².